The standard InChI is InChI=1S/C9H16N4S/c1-6-7(10-2)3-4-8(6)14-9-11-5-12-13-9/h5-8,10H,3-4H2,1-2H3,(H,11,12,13). The van der Waals surface area contributed by atoms with Crippen LogP contribution in [0.4, 0.5) is 0 Å². The average molecular weight is 212 g/mol. The maximum absolute atomic E-state index is 4.14. The molecule has 0 aromatic carbocycles. The van der Waals surface area contributed by atoms with Crippen molar-refractivity contribution in [3.63, 3.8) is 0 Å². The molecule has 1 saturated carbocycles. The van der Waals surface area contributed by atoms with Crippen LogP contribution in [0.15, 0.2) is 11.5 Å². The van der Waals surface area contributed by atoms with Crippen molar-refractivity contribution < 1.29 is 0 Å². The Morgan fingerprint density at radius 1 is 1.57 bits per heavy atom. The minimum atomic E-state index is 0.662. The van der Waals surface area contributed by atoms with Crippen molar-refractivity contribution in [1.82, 2.24) is 20.5 Å². The Morgan fingerprint density at radius 3 is 3.00 bits per heavy atom. The summed E-state index contributed by atoms with van der Waals surface area (Å²) in [5.74, 6) is 0.704. The number of hydrogen-bond donors (Lipinski definition) is 2. The second-order valence-corrected chi connectivity index (χ2v) is 5.01. The fraction of sp³-hybridized carbons (Fsp3) is 0.778. The van der Waals surface area contributed by atoms with Crippen LogP contribution in [0.25, 0.3) is 0 Å². The van der Waals surface area contributed by atoms with Gasteiger partial charge in [-0.05, 0) is 25.8 Å². The number of H-pyrrole nitrogens is 1. The van der Waals surface area contributed by atoms with Crippen molar-refractivity contribution in [2.75, 3.05) is 7.05 Å². The van der Waals surface area contributed by atoms with Crippen molar-refractivity contribution in [2.24, 2.45) is 5.92 Å². The van der Waals surface area contributed by atoms with Crippen LogP contribution in [0.5, 0.6) is 0 Å². The van der Waals surface area contributed by atoms with E-state index in [0.717, 1.165) is 5.16 Å². The Labute approximate surface area is 88.3 Å². The molecule has 1 aromatic rings. The molecule has 78 valence electrons. The highest BCUT2D eigenvalue weighted by Crippen LogP contribution is 2.37. The van der Waals surface area contributed by atoms with Gasteiger partial charge in [-0.15, -0.1) is 0 Å². The maximum atomic E-state index is 4.14. The molecular formula is C9H16N4S. The molecule has 14 heavy (non-hydrogen) atoms. The molecule has 1 aliphatic rings. The lowest BCUT2D eigenvalue weighted by molar-refractivity contribution is 0.463. The molecule has 1 fully saturated rings. The van der Waals surface area contributed by atoms with Crippen LogP contribution in [0.3, 0.4) is 0 Å². The molecule has 3 unspecified atom stereocenters. The number of aromatic amines is 1. The number of aromatic nitrogens is 3. The van der Waals surface area contributed by atoms with E-state index in [1.165, 1.54) is 12.8 Å². The quantitative estimate of drug-likeness (QED) is 0.792. The zero-order valence-electron chi connectivity index (χ0n) is 8.53. The van der Waals surface area contributed by atoms with Crippen molar-refractivity contribution in [2.45, 2.75) is 36.2 Å². The summed E-state index contributed by atoms with van der Waals surface area (Å²) < 4.78 is 0. The first-order chi connectivity index (χ1) is 6.81. The van der Waals surface area contributed by atoms with Crippen LogP contribution in [-0.2, 0) is 0 Å². The first-order valence-corrected chi connectivity index (χ1v) is 5.88. The van der Waals surface area contributed by atoms with Gasteiger partial charge in [0.2, 0.25) is 0 Å². The van der Waals surface area contributed by atoms with E-state index < -0.39 is 0 Å². The first-order valence-electron chi connectivity index (χ1n) is 5.00. The molecule has 2 N–H and O–H groups in total. The van der Waals surface area contributed by atoms with Crippen molar-refractivity contribution >= 4 is 11.8 Å². The Kier molecular flexibility index (Phi) is 3.08. The molecule has 5 heteroatoms. The number of nitrogens with one attached hydrogen (secondary N) is 2. The second-order valence-electron chi connectivity index (χ2n) is 3.78. The van der Waals surface area contributed by atoms with Crippen molar-refractivity contribution in [3.05, 3.63) is 6.33 Å². The Morgan fingerprint density at radius 2 is 2.43 bits per heavy atom. The van der Waals surface area contributed by atoms with Gasteiger partial charge >= 0.3 is 0 Å². The van der Waals surface area contributed by atoms with Gasteiger partial charge in [-0.2, -0.15) is 5.10 Å². The highest BCUT2D eigenvalue weighted by atomic mass is 32.2. The summed E-state index contributed by atoms with van der Waals surface area (Å²) in [7, 11) is 2.04. The molecule has 1 heterocycles. The molecule has 1 aliphatic carbocycles. The molecule has 0 saturated heterocycles. The zero-order valence-corrected chi connectivity index (χ0v) is 9.34. The summed E-state index contributed by atoms with van der Waals surface area (Å²) in [4.78, 5) is 4.14. The highest BCUT2D eigenvalue weighted by Gasteiger charge is 2.32. The van der Waals surface area contributed by atoms with Gasteiger partial charge in [-0.3, -0.25) is 5.10 Å². The molecule has 0 aliphatic heterocycles. The van der Waals surface area contributed by atoms with E-state index in [1.54, 1.807) is 6.33 Å². The van der Waals surface area contributed by atoms with Crippen LogP contribution in [0.2, 0.25) is 0 Å². The van der Waals surface area contributed by atoms with Crippen molar-refractivity contribution in [1.29, 1.82) is 0 Å². The third-order valence-electron chi connectivity index (χ3n) is 3.01. The molecule has 0 amide bonds. The lowest BCUT2D eigenvalue weighted by Crippen LogP contribution is -2.30. The predicted molar refractivity (Wildman–Crippen MR) is 57.3 cm³/mol. The summed E-state index contributed by atoms with van der Waals surface area (Å²) in [5.41, 5.74) is 0. The summed E-state index contributed by atoms with van der Waals surface area (Å²) in [6.45, 7) is 2.31. The van der Waals surface area contributed by atoms with Gasteiger partial charge in [0.05, 0.1) is 0 Å². The first kappa shape index (κ1) is 9.98. The van der Waals surface area contributed by atoms with E-state index in [2.05, 4.69) is 27.4 Å². The monoisotopic (exact) mass is 212 g/mol. The van der Waals surface area contributed by atoms with Crippen LogP contribution < -0.4 is 5.32 Å². The van der Waals surface area contributed by atoms with Crippen LogP contribution in [-0.4, -0.2) is 33.5 Å². The van der Waals surface area contributed by atoms with E-state index in [9.17, 15) is 0 Å². The summed E-state index contributed by atoms with van der Waals surface area (Å²) >= 11 is 1.82. The molecule has 1 aromatic heterocycles. The molecule has 4 nitrogen and oxygen atoms in total. The fourth-order valence-corrected chi connectivity index (χ4v) is 3.26. The number of thioether (sulfide) groups is 1. The van der Waals surface area contributed by atoms with Crippen LogP contribution in [0, 0.1) is 5.92 Å². The van der Waals surface area contributed by atoms with Gasteiger partial charge in [0.1, 0.15) is 6.33 Å². The Bertz CT molecular complexity index is 274. The van der Waals surface area contributed by atoms with Gasteiger partial charge in [0.15, 0.2) is 5.16 Å². The van der Waals surface area contributed by atoms with Gasteiger partial charge in [-0.1, -0.05) is 18.7 Å². The smallest absolute Gasteiger partial charge is 0.183 e. The minimum absolute atomic E-state index is 0.662. The molecule has 3 atom stereocenters. The lowest BCUT2D eigenvalue weighted by Gasteiger charge is -2.18. The Balaban J connectivity index is 1.94. The SMILES string of the molecule is CNC1CCC(Sc2ncn[nH]2)C1C. The maximum Gasteiger partial charge on any atom is 0.183 e. The molecular weight excluding hydrogens is 196 g/mol. The van der Waals surface area contributed by atoms with Gasteiger partial charge in [0, 0.05) is 11.3 Å². The number of nitrogens with zero attached hydrogens (tertiary/aromatic N) is 2. The predicted octanol–water partition coefficient (Wildman–Crippen LogP) is 1.28. The summed E-state index contributed by atoms with van der Waals surface area (Å²) in [6.07, 6.45) is 4.10. The molecule has 0 bridgehead atoms. The van der Waals surface area contributed by atoms with Gasteiger partial charge in [-0.25, -0.2) is 4.98 Å². The van der Waals surface area contributed by atoms with Crippen LogP contribution >= 0.6 is 11.8 Å². The molecule has 2 rings (SSSR count). The third-order valence-corrected chi connectivity index (χ3v) is 4.40. The third kappa shape index (κ3) is 1.93. The molecule has 0 spiro atoms. The highest BCUT2D eigenvalue weighted by molar-refractivity contribution is 7.99. The normalized spacial score (nSPS) is 32.3. The Hall–Kier alpha value is -0.550. The average Bonchev–Trinajstić information content (AvgIpc) is 2.79. The van der Waals surface area contributed by atoms with E-state index in [0.29, 0.717) is 17.2 Å². The zero-order chi connectivity index (χ0) is 9.97. The summed E-state index contributed by atoms with van der Waals surface area (Å²) in [5, 5.41) is 11.7. The minimum Gasteiger partial charge on any atom is -0.317 e. The largest absolute Gasteiger partial charge is 0.317 e. The van der Waals surface area contributed by atoms with Gasteiger partial charge < -0.3 is 5.32 Å². The van der Waals surface area contributed by atoms with Crippen molar-refractivity contribution in [3.8, 4) is 0 Å². The van der Waals surface area contributed by atoms with E-state index >= 15 is 0 Å². The lowest BCUT2D eigenvalue weighted by atomic mass is 10.1. The fourth-order valence-electron chi connectivity index (χ4n) is 2.10. The van der Waals surface area contributed by atoms with E-state index in [4.69, 9.17) is 0 Å². The number of hydrogen-bond acceptors (Lipinski definition) is 4. The molecule has 0 radical (unpaired) electrons. The van der Waals surface area contributed by atoms with E-state index in [-0.39, 0.29) is 0 Å². The van der Waals surface area contributed by atoms with Gasteiger partial charge in [0.25, 0.3) is 0 Å². The van der Waals surface area contributed by atoms with Crippen LogP contribution in [0.1, 0.15) is 19.8 Å². The number of rotatable bonds is 3. The topological polar surface area (TPSA) is 53.6 Å². The van der Waals surface area contributed by atoms with E-state index in [1.807, 2.05) is 18.8 Å². The second kappa shape index (κ2) is 4.31. The summed E-state index contributed by atoms with van der Waals surface area (Å²) in [6, 6.07) is 0.662.